The maximum absolute atomic E-state index is 11.7. The summed E-state index contributed by atoms with van der Waals surface area (Å²) in [6.07, 6.45) is 1.51. The SMILES string of the molecule is CCNS(=O)(=O)NC1(CN)CCN(C)CC1. The van der Waals surface area contributed by atoms with Crippen molar-refractivity contribution in [3.05, 3.63) is 0 Å². The van der Waals surface area contributed by atoms with Crippen molar-refractivity contribution < 1.29 is 8.42 Å². The second-order valence-electron chi connectivity index (χ2n) is 4.39. The maximum Gasteiger partial charge on any atom is 0.277 e. The first kappa shape index (κ1) is 13.9. The van der Waals surface area contributed by atoms with Crippen LogP contribution in [0, 0.1) is 0 Å². The zero-order chi connectivity index (χ0) is 12.2. The molecule has 0 saturated carbocycles. The first-order valence-corrected chi connectivity index (χ1v) is 7.08. The van der Waals surface area contributed by atoms with Gasteiger partial charge in [-0.2, -0.15) is 13.1 Å². The summed E-state index contributed by atoms with van der Waals surface area (Å²) in [7, 11) is -1.39. The molecule has 4 N–H and O–H groups in total. The van der Waals surface area contributed by atoms with Crippen LogP contribution in [-0.2, 0) is 10.2 Å². The molecule has 0 aromatic heterocycles. The lowest BCUT2D eigenvalue weighted by atomic mass is 9.89. The average Bonchev–Trinajstić information content (AvgIpc) is 2.21. The van der Waals surface area contributed by atoms with Gasteiger partial charge in [-0.3, -0.25) is 0 Å². The van der Waals surface area contributed by atoms with E-state index in [-0.39, 0.29) is 0 Å². The molecule has 0 unspecified atom stereocenters. The second kappa shape index (κ2) is 5.42. The third kappa shape index (κ3) is 3.67. The smallest absolute Gasteiger partial charge is 0.277 e. The highest BCUT2D eigenvalue weighted by atomic mass is 32.2. The van der Waals surface area contributed by atoms with Gasteiger partial charge in [-0.05, 0) is 33.0 Å². The van der Waals surface area contributed by atoms with Crippen LogP contribution in [0.5, 0.6) is 0 Å². The van der Waals surface area contributed by atoms with Crippen molar-refractivity contribution in [1.29, 1.82) is 0 Å². The van der Waals surface area contributed by atoms with Gasteiger partial charge in [-0.15, -0.1) is 0 Å². The Bertz CT molecular complexity index is 309. The first-order valence-electron chi connectivity index (χ1n) is 5.60. The van der Waals surface area contributed by atoms with Crippen molar-refractivity contribution in [2.75, 3.05) is 33.2 Å². The number of nitrogens with one attached hydrogen (secondary N) is 2. The van der Waals surface area contributed by atoms with Crippen molar-refractivity contribution in [3.63, 3.8) is 0 Å². The Hall–Kier alpha value is -0.210. The molecule has 1 fully saturated rings. The van der Waals surface area contributed by atoms with Crippen molar-refractivity contribution >= 4 is 10.2 Å². The van der Waals surface area contributed by atoms with E-state index in [1.165, 1.54) is 0 Å². The van der Waals surface area contributed by atoms with Crippen LogP contribution in [0.15, 0.2) is 0 Å². The highest BCUT2D eigenvalue weighted by Gasteiger charge is 2.35. The molecule has 1 heterocycles. The molecule has 16 heavy (non-hydrogen) atoms. The van der Waals surface area contributed by atoms with Gasteiger partial charge in [0, 0.05) is 18.6 Å². The molecule has 1 saturated heterocycles. The van der Waals surface area contributed by atoms with Gasteiger partial charge in [0.1, 0.15) is 0 Å². The summed E-state index contributed by atoms with van der Waals surface area (Å²) in [6.45, 7) is 4.21. The summed E-state index contributed by atoms with van der Waals surface area (Å²) < 4.78 is 28.4. The fourth-order valence-electron chi connectivity index (χ4n) is 1.91. The van der Waals surface area contributed by atoms with Crippen LogP contribution in [0.1, 0.15) is 19.8 Å². The minimum Gasteiger partial charge on any atom is -0.329 e. The van der Waals surface area contributed by atoms with Crippen LogP contribution < -0.4 is 15.2 Å². The number of piperidine rings is 1. The van der Waals surface area contributed by atoms with Crippen molar-refractivity contribution in [3.8, 4) is 0 Å². The molecule has 0 bridgehead atoms. The van der Waals surface area contributed by atoms with Gasteiger partial charge in [-0.25, -0.2) is 4.72 Å². The van der Waals surface area contributed by atoms with Crippen LogP contribution in [0.3, 0.4) is 0 Å². The van der Waals surface area contributed by atoms with E-state index < -0.39 is 15.7 Å². The summed E-state index contributed by atoms with van der Waals surface area (Å²) >= 11 is 0. The Morgan fingerprint density at radius 1 is 1.38 bits per heavy atom. The fraction of sp³-hybridized carbons (Fsp3) is 1.00. The molecular weight excluding hydrogens is 228 g/mol. The number of nitrogens with zero attached hydrogens (tertiary/aromatic N) is 1. The predicted octanol–water partition coefficient (Wildman–Crippen LogP) is -1.15. The Morgan fingerprint density at radius 2 is 1.94 bits per heavy atom. The van der Waals surface area contributed by atoms with Crippen LogP contribution >= 0.6 is 0 Å². The Labute approximate surface area is 97.7 Å². The minimum absolute atomic E-state index is 0.339. The molecule has 0 amide bonds. The number of rotatable bonds is 5. The minimum atomic E-state index is -3.42. The number of hydrogen-bond acceptors (Lipinski definition) is 4. The molecule has 1 aliphatic rings. The largest absolute Gasteiger partial charge is 0.329 e. The molecule has 6 nitrogen and oxygen atoms in total. The maximum atomic E-state index is 11.7. The van der Waals surface area contributed by atoms with Gasteiger partial charge >= 0.3 is 0 Å². The molecule has 7 heteroatoms. The third-order valence-electron chi connectivity index (χ3n) is 3.02. The van der Waals surface area contributed by atoms with Crippen molar-refractivity contribution in [2.45, 2.75) is 25.3 Å². The Kier molecular flexibility index (Phi) is 4.69. The van der Waals surface area contributed by atoms with Crippen molar-refractivity contribution in [1.82, 2.24) is 14.3 Å². The predicted molar refractivity (Wildman–Crippen MR) is 64.2 cm³/mol. The van der Waals surface area contributed by atoms with Gasteiger partial charge in [0.15, 0.2) is 0 Å². The highest BCUT2D eigenvalue weighted by molar-refractivity contribution is 7.87. The van der Waals surface area contributed by atoms with Crippen LogP contribution in [0.25, 0.3) is 0 Å². The van der Waals surface area contributed by atoms with Crippen LogP contribution in [0.4, 0.5) is 0 Å². The molecule has 96 valence electrons. The lowest BCUT2D eigenvalue weighted by molar-refractivity contribution is 0.181. The molecule has 0 spiro atoms. The van der Waals surface area contributed by atoms with Gasteiger partial charge in [0.2, 0.25) is 0 Å². The molecule has 1 aliphatic heterocycles. The third-order valence-corrected chi connectivity index (χ3v) is 4.39. The summed E-state index contributed by atoms with van der Waals surface area (Å²) in [5, 5.41) is 0. The van der Waals surface area contributed by atoms with E-state index in [1.807, 2.05) is 7.05 Å². The molecule has 1 rings (SSSR count). The molecule has 0 aromatic carbocycles. The van der Waals surface area contributed by atoms with E-state index in [0.717, 1.165) is 25.9 Å². The van der Waals surface area contributed by atoms with E-state index in [0.29, 0.717) is 13.1 Å². The lowest BCUT2D eigenvalue weighted by Gasteiger charge is -2.40. The second-order valence-corrected chi connectivity index (χ2v) is 5.89. The molecule has 0 radical (unpaired) electrons. The number of likely N-dealkylation sites (tertiary alicyclic amines) is 1. The fourth-order valence-corrected chi connectivity index (χ4v) is 3.22. The first-order chi connectivity index (χ1) is 7.43. The highest BCUT2D eigenvalue weighted by Crippen LogP contribution is 2.20. The van der Waals surface area contributed by atoms with Gasteiger partial charge in [-0.1, -0.05) is 6.92 Å². The van der Waals surface area contributed by atoms with Gasteiger partial charge in [0.05, 0.1) is 0 Å². The van der Waals surface area contributed by atoms with E-state index in [1.54, 1.807) is 6.92 Å². The van der Waals surface area contributed by atoms with Gasteiger partial charge in [0.25, 0.3) is 10.2 Å². The zero-order valence-electron chi connectivity index (χ0n) is 9.99. The molecular formula is C9H22N4O2S. The summed E-state index contributed by atoms with van der Waals surface area (Å²) in [5.41, 5.74) is 5.24. The molecule has 0 atom stereocenters. The standard InChI is InChI=1S/C9H22N4O2S/c1-3-11-16(14,15)12-9(8-10)4-6-13(2)7-5-9/h11-12H,3-8,10H2,1-2H3. The number of hydrogen-bond donors (Lipinski definition) is 3. The number of nitrogens with two attached hydrogens (primary N) is 1. The van der Waals surface area contributed by atoms with Crippen LogP contribution in [0.2, 0.25) is 0 Å². The van der Waals surface area contributed by atoms with Crippen molar-refractivity contribution in [2.24, 2.45) is 5.73 Å². The summed E-state index contributed by atoms with van der Waals surface area (Å²) in [5.74, 6) is 0. The molecule has 0 aromatic rings. The lowest BCUT2D eigenvalue weighted by Crippen LogP contribution is -2.60. The Morgan fingerprint density at radius 3 is 2.38 bits per heavy atom. The van der Waals surface area contributed by atoms with Crippen LogP contribution in [-0.4, -0.2) is 52.1 Å². The molecule has 0 aliphatic carbocycles. The monoisotopic (exact) mass is 250 g/mol. The van der Waals surface area contributed by atoms with E-state index in [9.17, 15) is 8.42 Å². The topological polar surface area (TPSA) is 87.5 Å². The van der Waals surface area contributed by atoms with E-state index in [4.69, 9.17) is 5.73 Å². The van der Waals surface area contributed by atoms with E-state index in [2.05, 4.69) is 14.3 Å². The van der Waals surface area contributed by atoms with E-state index >= 15 is 0 Å². The zero-order valence-corrected chi connectivity index (χ0v) is 10.8. The summed E-state index contributed by atoms with van der Waals surface area (Å²) in [6, 6.07) is 0. The van der Waals surface area contributed by atoms with Gasteiger partial charge < -0.3 is 10.6 Å². The quantitative estimate of drug-likeness (QED) is 0.575. The summed E-state index contributed by atoms with van der Waals surface area (Å²) in [4.78, 5) is 2.18. The Balaban J connectivity index is 2.67. The normalized spacial score (nSPS) is 22.2. The average molecular weight is 250 g/mol.